The number of benzene rings is 1. The summed E-state index contributed by atoms with van der Waals surface area (Å²) in [6, 6.07) is 6.23. The minimum atomic E-state index is -4.59. The molecule has 2 aliphatic rings. The van der Waals surface area contributed by atoms with Crippen molar-refractivity contribution in [3.63, 3.8) is 0 Å². The Kier molecular flexibility index (Phi) is 7.01. The lowest BCUT2D eigenvalue weighted by Gasteiger charge is -2.41. The van der Waals surface area contributed by atoms with Crippen LogP contribution in [0.1, 0.15) is 22.8 Å². The van der Waals surface area contributed by atoms with Gasteiger partial charge in [-0.2, -0.15) is 13.2 Å². The van der Waals surface area contributed by atoms with E-state index in [9.17, 15) is 22.8 Å². The predicted molar refractivity (Wildman–Crippen MR) is 119 cm³/mol. The molecule has 0 bridgehead atoms. The van der Waals surface area contributed by atoms with E-state index in [1.165, 1.54) is 23.1 Å². The van der Waals surface area contributed by atoms with E-state index in [0.717, 1.165) is 6.07 Å². The van der Waals surface area contributed by atoms with Crippen molar-refractivity contribution in [2.75, 3.05) is 57.3 Å². The lowest BCUT2D eigenvalue weighted by molar-refractivity contribution is -0.138. The number of amides is 2. The molecule has 8 nitrogen and oxygen atoms in total. The molecule has 1 aromatic carbocycles. The highest BCUT2D eigenvalue weighted by Crippen LogP contribution is 2.32. The zero-order valence-corrected chi connectivity index (χ0v) is 18.9. The number of hydrogen-bond acceptors (Lipinski definition) is 6. The molecule has 4 rings (SSSR count). The molecule has 1 atom stereocenters. The molecule has 2 saturated heterocycles. The molecule has 2 fully saturated rings. The highest BCUT2D eigenvalue weighted by molar-refractivity contribution is 5.96. The van der Waals surface area contributed by atoms with Crippen LogP contribution < -0.4 is 4.90 Å². The molecule has 34 heavy (non-hydrogen) atoms. The second-order valence-corrected chi connectivity index (χ2v) is 8.41. The van der Waals surface area contributed by atoms with Crippen LogP contribution >= 0.6 is 0 Å². The van der Waals surface area contributed by atoms with Gasteiger partial charge in [-0.1, -0.05) is 12.1 Å². The SMILES string of the molecule is CC(C(=O)N1CCN(c2ncccn2)CC1)N1CCN(C(=O)c2ccccc2C(F)(F)F)CC1. The summed E-state index contributed by atoms with van der Waals surface area (Å²) >= 11 is 0. The van der Waals surface area contributed by atoms with E-state index in [1.807, 2.05) is 21.6 Å². The smallest absolute Gasteiger partial charge is 0.338 e. The van der Waals surface area contributed by atoms with Gasteiger partial charge in [-0.3, -0.25) is 14.5 Å². The summed E-state index contributed by atoms with van der Waals surface area (Å²) in [5.41, 5.74) is -1.26. The number of aromatic nitrogens is 2. The third-order valence-electron chi connectivity index (χ3n) is 6.40. The molecule has 0 spiro atoms. The van der Waals surface area contributed by atoms with Crippen molar-refractivity contribution >= 4 is 17.8 Å². The predicted octanol–water partition coefficient (Wildman–Crippen LogP) is 1.99. The van der Waals surface area contributed by atoms with Crippen LogP contribution in [0.3, 0.4) is 0 Å². The molecule has 0 saturated carbocycles. The zero-order valence-electron chi connectivity index (χ0n) is 18.9. The normalized spacial score (nSPS) is 18.6. The van der Waals surface area contributed by atoms with Crippen LogP contribution in [0.4, 0.5) is 19.1 Å². The topological polar surface area (TPSA) is 72.9 Å². The first kappa shape index (κ1) is 23.9. The Balaban J connectivity index is 1.30. The van der Waals surface area contributed by atoms with Crippen molar-refractivity contribution in [3.8, 4) is 0 Å². The molecule has 2 aromatic rings. The Morgan fingerprint density at radius 1 is 0.853 bits per heavy atom. The first-order valence-corrected chi connectivity index (χ1v) is 11.3. The number of hydrogen-bond donors (Lipinski definition) is 0. The number of rotatable bonds is 4. The van der Waals surface area contributed by atoms with Crippen molar-refractivity contribution in [3.05, 3.63) is 53.9 Å². The number of alkyl halides is 3. The number of anilines is 1. The number of halogens is 3. The lowest BCUT2D eigenvalue weighted by atomic mass is 10.1. The van der Waals surface area contributed by atoms with Gasteiger partial charge in [0.05, 0.1) is 17.2 Å². The fourth-order valence-electron chi connectivity index (χ4n) is 4.40. The van der Waals surface area contributed by atoms with Crippen molar-refractivity contribution < 1.29 is 22.8 Å². The average molecular weight is 477 g/mol. The quantitative estimate of drug-likeness (QED) is 0.672. The first-order valence-electron chi connectivity index (χ1n) is 11.3. The Morgan fingerprint density at radius 2 is 1.44 bits per heavy atom. The van der Waals surface area contributed by atoms with Gasteiger partial charge in [-0.25, -0.2) is 9.97 Å². The van der Waals surface area contributed by atoms with Gasteiger partial charge in [-0.15, -0.1) is 0 Å². The molecule has 1 unspecified atom stereocenters. The number of carbonyl (C=O) groups excluding carboxylic acids is 2. The van der Waals surface area contributed by atoms with Crippen LogP contribution in [0.5, 0.6) is 0 Å². The van der Waals surface area contributed by atoms with E-state index in [4.69, 9.17) is 0 Å². The van der Waals surface area contributed by atoms with Crippen LogP contribution in [-0.2, 0) is 11.0 Å². The summed E-state index contributed by atoms with van der Waals surface area (Å²) in [5.74, 6) is 0.0252. The van der Waals surface area contributed by atoms with Gasteiger partial charge in [0.1, 0.15) is 0 Å². The Morgan fingerprint density at radius 3 is 2.06 bits per heavy atom. The van der Waals surface area contributed by atoms with Crippen LogP contribution in [0, 0.1) is 0 Å². The van der Waals surface area contributed by atoms with E-state index in [-0.39, 0.29) is 30.6 Å². The van der Waals surface area contributed by atoms with Crippen LogP contribution in [0.2, 0.25) is 0 Å². The highest BCUT2D eigenvalue weighted by Gasteiger charge is 2.37. The molecule has 2 amide bonds. The van der Waals surface area contributed by atoms with Gasteiger partial charge >= 0.3 is 6.18 Å². The largest absolute Gasteiger partial charge is 0.417 e. The number of carbonyl (C=O) groups is 2. The van der Waals surface area contributed by atoms with E-state index >= 15 is 0 Å². The van der Waals surface area contributed by atoms with E-state index in [2.05, 4.69) is 9.97 Å². The maximum Gasteiger partial charge on any atom is 0.417 e. The van der Waals surface area contributed by atoms with Gasteiger partial charge in [0, 0.05) is 64.8 Å². The standard InChI is InChI=1S/C23H27F3N6O2/c1-17(20(33)30-13-15-32(16-14-30)22-27-7-4-8-28-22)29-9-11-31(12-10-29)21(34)18-5-2-3-6-19(18)23(24,25)26/h2-8,17H,9-16H2,1H3. The Bertz CT molecular complexity index is 1000. The Labute approximate surface area is 196 Å². The van der Waals surface area contributed by atoms with Crippen molar-refractivity contribution in [2.45, 2.75) is 19.1 Å². The first-order chi connectivity index (χ1) is 16.3. The lowest BCUT2D eigenvalue weighted by Crippen LogP contribution is -2.58. The molecule has 2 aliphatic heterocycles. The van der Waals surface area contributed by atoms with Gasteiger partial charge in [0.15, 0.2) is 0 Å². The van der Waals surface area contributed by atoms with Crippen LogP contribution in [-0.4, -0.2) is 94.9 Å². The molecule has 0 N–H and O–H groups in total. The number of nitrogens with zero attached hydrogens (tertiary/aromatic N) is 6. The molecule has 182 valence electrons. The molecule has 1 aromatic heterocycles. The van der Waals surface area contributed by atoms with Gasteiger partial charge in [0.25, 0.3) is 5.91 Å². The second-order valence-electron chi connectivity index (χ2n) is 8.41. The maximum absolute atomic E-state index is 13.3. The third kappa shape index (κ3) is 5.14. The van der Waals surface area contributed by atoms with Crippen LogP contribution in [0.15, 0.2) is 42.7 Å². The summed E-state index contributed by atoms with van der Waals surface area (Å²) in [5, 5.41) is 0. The van der Waals surface area contributed by atoms with E-state index in [1.54, 1.807) is 18.5 Å². The van der Waals surface area contributed by atoms with Crippen LogP contribution in [0.25, 0.3) is 0 Å². The average Bonchev–Trinajstić information content (AvgIpc) is 2.87. The van der Waals surface area contributed by atoms with E-state index in [0.29, 0.717) is 45.2 Å². The maximum atomic E-state index is 13.3. The van der Waals surface area contributed by atoms with Gasteiger partial charge < -0.3 is 14.7 Å². The molecule has 3 heterocycles. The summed E-state index contributed by atoms with van der Waals surface area (Å²) in [7, 11) is 0. The third-order valence-corrected chi connectivity index (χ3v) is 6.40. The number of piperazine rings is 2. The highest BCUT2D eigenvalue weighted by atomic mass is 19.4. The summed E-state index contributed by atoms with van der Waals surface area (Å²) in [4.78, 5) is 41.6. The molecule has 0 radical (unpaired) electrons. The fourth-order valence-corrected chi connectivity index (χ4v) is 4.40. The van der Waals surface area contributed by atoms with Gasteiger partial charge in [0.2, 0.25) is 11.9 Å². The Hall–Kier alpha value is -3.21. The molecular formula is C23H27F3N6O2. The second kappa shape index (κ2) is 9.96. The fraction of sp³-hybridized carbons (Fsp3) is 0.478. The monoisotopic (exact) mass is 476 g/mol. The summed E-state index contributed by atoms with van der Waals surface area (Å²) < 4.78 is 39.9. The molecule has 0 aliphatic carbocycles. The molecular weight excluding hydrogens is 449 g/mol. The minimum Gasteiger partial charge on any atom is -0.338 e. The van der Waals surface area contributed by atoms with Crippen molar-refractivity contribution in [1.82, 2.24) is 24.7 Å². The molecule has 11 heteroatoms. The summed E-state index contributed by atoms with van der Waals surface area (Å²) in [6.45, 7) is 5.62. The van der Waals surface area contributed by atoms with Gasteiger partial charge in [-0.05, 0) is 25.1 Å². The minimum absolute atomic E-state index is 0.0100. The van der Waals surface area contributed by atoms with Crippen molar-refractivity contribution in [2.24, 2.45) is 0 Å². The van der Waals surface area contributed by atoms with Crippen molar-refractivity contribution in [1.29, 1.82) is 0 Å². The van der Waals surface area contributed by atoms with E-state index < -0.39 is 17.6 Å². The summed E-state index contributed by atoms with van der Waals surface area (Å²) in [6.07, 6.45) is -1.21. The zero-order chi connectivity index (χ0) is 24.3.